The topological polar surface area (TPSA) is 149 Å². The lowest BCUT2D eigenvalue weighted by molar-refractivity contribution is -0.145. The molecule has 35 heavy (non-hydrogen) atoms. The smallest absolute Gasteiger partial charge is 0.328 e. The highest BCUT2D eigenvalue weighted by Gasteiger charge is 2.29. The standard InChI is InChI=1S/C24H34N4O6.ClH/c1-16(29)26-21-15-17-9-11-18(12-10-17)34-14-6-4-8-20(24(32)33-2)28-22(30)19(27-23(21)31)7-3-5-13-25;/h4,6,9-12,19-21H,3,5,7-8,13-15,25H2,1-2H3,(H,26,29)(H,27,31)(H,28,30);1H/b6-4-;/t19-,20-,21-;/m0./s1. The minimum Gasteiger partial charge on any atom is -0.490 e. The number of amides is 3. The van der Waals surface area contributed by atoms with Crippen LogP contribution in [-0.2, 0) is 30.3 Å². The molecule has 3 atom stereocenters. The molecule has 3 amide bonds. The molecule has 5 N–H and O–H groups in total. The van der Waals surface area contributed by atoms with Gasteiger partial charge in [-0.2, -0.15) is 0 Å². The summed E-state index contributed by atoms with van der Waals surface area (Å²) >= 11 is 0. The van der Waals surface area contributed by atoms with Gasteiger partial charge in [0, 0.05) is 13.3 Å². The van der Waals surface area contributed by atoms with Crippen molar-refractivity contribution in [1.82, 2.24) is 16.0 Å². The molecule has 0 unspecified atom stereocenters. The minimum atomic E-state index is -0.927. The van der Waals surface area contributed by atoms with Crippen LogP contribution in [0.1, 0.15) is 38.2 Å². The van der Waals surface area contributed by atoms with E-state index in [2.05, 4.69) is 16.0 Å². The third kappa shape index (κ3) is 10.4. The second-order valence-electron chi connectivity index (χ2n) is 8.05. The van der Waals surface area contributed by atoms with Crippen molar-refractivity contribution in [3.63, 3.8) is 0 Å². The number of carbonyl (C=O) groups excluding carboxylic acids is 4. The normalized spacial score (nSPS) is 21.9. The van der Waals surface area contributed by atoms with Crippen LogP contribution in [0.5, 0.6) is 5.75 Å². The molecule has 11 heteroatoms. The predicted octanol–water partition coefficient (Wildman–Crippen LogP) is 0.766. The fourth-order valence-electron chi connectivity index (χ4n) is 3.52. The Hall–Kier alpha value is -3.11. The molecular formula is C24H35ClN4O6. The molecule has 1 aromatic rings. The largest absolute Gasteiger partial charge is 0.490 e. The van der Waals surface area contributed by atoms with Crippen LogP contribution < -0.4 is 26.4 Å². The van der Waals surface area contributed by atoms with Crippen LogP contribution in [-0.4, -0.2) is 62.1 Å². The molecule has 3 rings (SSSR count). The highest BCUT2D eigenvalue weighted by Crippen LogP contribution is 2.14. The number of unbranched alkanes of at least 4 members (excludes halogenated alkanes) is 1. The number of halogens is 1. The Kier molecular flexibility index (Phi) is 13.4. The summed E-state index contributed by atoms with van der Waals surface area (Å²) in [6, 6.07) is 4.47. The zero-order valence-corrected chi connectivity index (χ0v) is 20.9. The molecule has 2 heterocycles. The van der Waals surface area contributed by atoms with Gasteiger partial charge in [-0.25, -0.2) is 4.79 Å². The number of benzene rings is 1. The summed E-state index contributed by atoms with van der Waals surface area (Å²) in [6.45, 7) is 2.05. The van der Waals surface area contributed by atoms with E-state index < -0.39 is 35.9 Å². The number of ether oxygens (including phenoxy) is 2. The number of rotatable bonds is 6. The Morgan fingerprint density at radius 1 is 1.11 bits per heavy atom. The Morgan fingerprint density at radius 2 is 1.83 bits per heavy atom. The first-order valence-electron chi connectivity index (χ1n) is 11.4. The monoisotopic (exact) mass is 510 g/mol. The van der Waals surface area contributed by atoms with Crippen molar-refractivity contribution < 1.29 is 28.7 Å². The molecule has 10 nitrogen and oxygen atoms in total. The van der Waals surface area contributed by atoms with E-state index in [1.807, 2.05) is 12.1 Å². The van der Waals surface area contributed by atoms with Crippen LogP contribution in [0.2, 0.25) is 0 Å². The molecule has 1 aromatic carbocycles. The van der Waals surface area contributed by atoms with E-state index in [-0.39, 0.29) is 37.8 Å². The zero-order chi connectivity index (χ0) is 24.9. The van der Waals surface area contributed by atoms with Crippen LogP contribution in [0.4, 0.5) is 0 Å². The Labute approximate surface area is 211 Å². The maximum Gasteiger partial charge on any atom is 0.328 e. The van der Waals surface area contributed by atoms with Crippen molar-refractivity contribution in [2.75, 3.05) is 20.3 Å². The number of carbonyl (C=O) groups is 4. The van der Waals surface area contributed by atoms with Gasteiger partial charge in [0.2, 0.25) is 17.7 Å². The maximum atomic E-state index is 13.1. The summed E-state index contributed by atoms with van der Waals surface area (Å²) in [6.07, 6.45) is 5.50. The second kappa shape index (κ2) is 15.7. The first-order chi connectivity index (χ1) is 16.3. The number of esters is 1. The van der Waals surface area contributed by atoms with E-state index in [9.17, 15) is 19.2 Å². The molecular weight excluding hydrogens is 476 g/mol. The van der Waals surface area contributed by atoms with Gasteiger partial charge in [-0.05, 0) is 49.9 Å². The van der Waals surface area contributed by atoms with Gasteiger partial charge in [-0.15, -0.1) is 12.4 Å². The molecule has 0 aromatic heterocycles. The van der Waals surface area contributed by atoms with Gasteiger partial charge in [-0.3, -0.25) is 14.4 Å². The van der Waals surface area contributed by atoms with Gasteiger partial charge in [-0.1, -0.05) is 24.3 Å². The van der Waals surface area contributed by atoms with Gasteiger partial charge in [0.05, 0.1) is 7.11 Å². The molecule has 2 bridgehead atoms. The average Bonchev–Trinajstić information content (AvgIpc) is 2.81. The summed E-state index contributed by atoms with van der Waals surface area (Å²) in [5, 5.41) is 8.06. The van der Waals surface area contributed by atoms with Crippen LogP contribution in [0.15, 0.2) is 36.4 Å². The van der Waals surface area contributed by atoms with E-state index in [4.69, 9.17) is 15.2 Å². The molecule has 0 saturated heterocycles. The lowest BCUT2D eigenvalue weighted by atomic mass is 10.0. The molecule has 0 saturated carbocycles. The maximum absolute atomic E-state index is 13.1. The van der Waals surface area contributed by atoms with Crippen molar-refractivity contribution >= 4 is 36.1 Å². The van der Waals surface area contributed by atoms with E-state index in [0.29, 0.717) is 31.6 Å². The third-order valence-corrected chi connectivity index (χ3v) is 5.32. The SMILES string of the molecule is COC(=O)[C@@H]1C/C=C\COc2ccc(cc2)C[C@H](NC(C)=O)C(=O)N[C@@H](CCCCN)C(=O)N1.Cl. The molecule has 2 aliphatic rings. The highest BCUT2D eigenvalue weighted by atomic mass is 35.5. The fourth-order valence-corrected chi connectivity index (χ4v) is 3.52. The van der Waals surface area contributed by atoms with Crippen molar-refractivity contribution in [1.29, 1.82) is 0 Å². The molecule has 0 spiro atoms. The van der Waals surface area contributed by atoms with Crippen molar-refractivity contribution in [2.45, 2.75) is 57.2 Å². The molecule has 0 radical (unpaired) electrons. The summed E-state index contributed by atoms with van der Waals surface area (Å²) < 4.78 is 10.5. The van der Waals surface area contributed by atoms with Gasteiger partial charge in [0.25, 0.3) is 0 Å². The molecule has 0 aliphatic carbocycles. The number of nitrogens with one attached hydrogen (secondary N) is 3. The number of hydrogen-bond acceptors (Lipinski definition) is 7. The van der Waals surface area contributed by atoms with Gasteiger partial charge in [0.1, 0.15) is 30.5 Å². The average molecular weight is 511 g/mol. The van der Waals surface area contributed by atoms with Crippen LogP contribution in [0.3, 0.4) is 0 Å². The molecule has 194 valence electrons. The number of hydrogen-bond donors (Lipinski definition) is 4. The number of nitrogens with two attached hydrogens (primary N) is 1. The lowest BCUT2D eigenvalue weighted by Crippen LogP contribution is -2.56. The second-order valence-corrected chi connectivity index (χ2v) is 8.05. The van der Waals surface area contributed by atoms with Crippen molar-refractivity contribution in [3.05, 3.63) is 42.0 Å². The highest BCUT2D eigenvalue weighted by molar-refractivity contribution is 5.93. The predicted molar refractivity (Wildman–Crippen MR) is 133 cm³/mol. The van der Waals surface area contributed by atoms with E-state index in [1.54, 1.807) is 24.3 Å². The van der Waals surface area contributed by atoms with Gasteiger partial charge >= 0.3 is 5.97 Å². The number of methoxy groups -OCH3 is 1. The van der Waals surface area contributed by atoms with Crippen LogP contribution in [0.25, 0.3) is 0 Å². The van der Waals surface area contributed by atoms with E-state index in [0.717, 1.165) is 5.56 Å². The minimum absolute atomic E-state index is 0. The third-order valence-electron chi connectivity index (χ3n) is 5.32. The summed E-state index contributed by atoms with van der Waals surface area (Å²) in [5.41, 5.74) is 6.39. The van der Waals surface area contributed by atoms with E-state index in [1.165, 1.54) is 14.0 Å². The first kappa shape index (κ1) is 29.9. The molecule has 2 aliphatic heterocycles. The van der Waals surface area contributed by atoms with Gasteiger partial charge < -0.3 is 31.2 Å². The zero-order valence-electron chi connectivity index (χ0n) is 20.1. The van der Waals surface area contributed by atoms with Crippen LogP contribution in [0, 0.1) is 0 Å². The Bertz CT molecular complexity index is 877. The Balaban J connectivity index is 0.00000612. The summed E-state index contributed by atoms with van der Waals surface area (Å²) in [7, 11) is 1.24. The Morgan fingerprint density at radius 3 is 2.46 bits per heavy atom. The summed E-state index contributed by atoms with van der Waals surface area (Å²) in [4.78, 5) is 50.1. The summed E-state index contributed by atoms with van der Waals surface area (Å²) in [5.74, 6) is -1.35. The lowest BCUT2D eigenvalue weighted by Gasteiger charge is -2.24. The van der Waals surface area contributed by atoms with Crippen molar-refractivity contribution in [3.8, 4) is 5.75 Å². The number of fused-ring (bicyclic) bond motifs is 13. The van der Waals surface area contributed by atoms with Crippen LogP contribution >= 0.6 is 12.4 Å². The quantitative estimate of drug-likeness (QED) is 0.251. The van der Waals surface area contributed by atoms with Crippen molar-refractivity contribution in [2.24, 2.45) is 5.73 Å². The first-order valence-corrected chi connectivity index (χ1v) is 11.4. The molecule has 0 fully saturated rings. The van der Waals surface area contributed by atoms with Gasteiger partial charge in [0.15, 0.2) is 0 Å². The van der Waals surface area contributed by atoms with E-state index >= 15 is 0 Å². The fraction of sp³-hybridized carbons (Fsp3) is 0.500.